The summed E-state index contributed by atoms with van der Waals surface area (Å²) in [5, 5.41) is 3.52. The van der Waals surface area contributed by atoms with Crippen LogP contribution in [0.5, 0.6) is 0 Å². The molecule has 0 radical (unpaired) electrons. The lowest BCUT2D eigenvalue weighted by Crippen LogP contribution is -2.47. The van der Waals surface area contributed by atoms with Crippen LogP contribution in [0.3, 0.4) is 0 Å². The van der Waals surface area contributed by atoms with Crippen molar-refractivity contribution in [3.05, 3.63) is 16.6 Å². The molecule has 2 heterocycles. The Labute approximate surface area is 88.5 Å². The summed E-state index contributed by atoms with van der Waals surface area (Å²) >= 11 is 1.70. The Kier molecular flexibility index (Phi) is 2.85. The zero-order valence-corrected chi connectivity index (χ0v) is 9.43. The van der Waals surface area contributed by atoms with Gasteiger partial charge in [0.25, 0.3) is 0 Å². The molecule has 1 unspecified atom stereocenters. The van der Waals surface area contributed by atoms with E-state index in [9.17, 15) is 0 Å². The molecular weight excluding hydrogens is 196 g/mol. The quantitative estimate of drug-likeness (QED) is 0.827. The third-order valence-corrected chi connectivity index (χ3v) is 3.57. The third kappa shape index (κ3) is 2.13. The maximum Gasteiger partial charge on any atom is 0.0794 e. The third-order valence-electron chi connectivity index (χ3n) is 2.61. The van der Waals surface area contributed by atoms with E-state index >= 15 is 0 Å². The average Bonchev–Trinajstić information content (AvgIpc) is 2.63. The lowest BCUT2D eigenvalue weighted by atomic mass is 9.88. The topological polar surface area (TPSA) is 34.1 Å². The zero-order valence-electron chi connectivity index (χ0n) is 8.62. The molecule has 0 amide bonds. The Balaban J connectivity index is 1.80. The number of thiazole rings is 1. The van der Waals surface area contributed by atoms with Gasteiger partial charge in [0, 0.05) is 29.1 Å². The largest absolute Gasteiger partial charge is 0.380 e. The molecule has 2 rings (SSSR count). The maximum absolute atomic E-state index is 5.21. The van der Waals surface area contributed by atoms with E-state index in [4.69, 9.17) is 4.74 Å². The summed E-state index contributed by atoms with van der Waals surface area (Å²) in [6.07, 6.45) is 1.93. The summed E-state index contributed by atoms with van der Waals surface area (Å²) in [6, 6.07) is 0.403. The minimum atomic E-state index is 0.346. The molecule has 1 aliphatic heterocycles. The van der Waals surface area contributed by atoms with E-state index in [1.165, 1.54) is 4.88 Å². The molecule has 1 saturated heterocycles. The molecule has 0 aromatic carbocycles. The standard InChI is InChI=1S/C10H16N2OS/c1-8(9-3-11-7-14-9)12-4-10(2)5-13-6-10/h3,7-8,12H,4-6H2,1-2H3. The number of hydrogen-bond acceptors (Lipinski definition) is 4. The molecule has 78 valence electrons. The van der Waals surface area contributed by atoms with Crippen molar-refractivity contribution < 1.29 is 4.74 Å². The first kappa shape index (κ1) is 10.1. The van der Waals surface area contributed by atoms with Crippen molar-refractivity contribution in [3.63, 3.8) is 0 Å². The zero-order chi connectivity index (χ0) is 10.0. The summed E-state index contributed by atoms with van der Waals surface area (Å²) in [5.74, 6) is 0. The van der Waals surface area contributed by atoms with Crippen molar-refractivity contribution in [2.75, 3.05) is 19.8 Å². The van der Waals surface area contributed by atoms with Gasteiger partial charge in [-0.3, -0.25) is 4.98 Å². The van der Waals surface area contributed by atoms with Gasteiger partial charge in [-0.15, -0.1) is 11.3 Å². The molecule has 1 aliphatic rings. The summed E-state index contributed by atoms with van der Waals surface area (Å²) in [6.45, 7) is 7.22. The molecule has 1 fully saturated rings. The van der Waals surface area contributed by atoms with E-state index in [2.05, 4.69) is 24.1 Å². The molecule has 0 bridgehead atoms. The Morgan fingerprint density at radius 1 is 1.71 bits per heavy atom. The van der Waals surface area contributed by atoms with Crippen LogP contribution in [0, 0.1) is 5.41 Å². The van der Waals surface area contributed by atoms with Gasteiger partial charge in [0.1, 0.15) is 0 Å². The molecule has 14 heavy (non-hydrogen) atoms. The average molecular weight is 212 g/mol. The molecule has 1 aromatic rings. The second-order valence-corrected chi connectivity index (χ2v) is 5.23. The Morgan fingerprint density at radius 2 is 2.50 bits per heavy atom. The smallest absolute Gasteiger partial charge is 0.0794 e. The summed E-state index contributed by atoms with van der Waals surface area (Å²) in [5.41, 5.74) is 2.22. The highest BCUT2D eigenvalue weighted by Gasteiger charge is 2.33. The molecule has 0 aliphatic carbocycles. The maximum atomic E-state index is 5.21. The SMILES string of the molecule is CC(NCC1(C)COC1)c1cncs1. The van der Waals surface area contributed by atoms with Gasteiger partial charge in [0.05, 0.1) is 18.7 Å². The van der Waals surface area contributed by atoms with Gasteiger partial charge in [-0.05, 0) is 6.92 Å². The van der Waals surface area contributed by atoms with Crippen molar-refractivity contribution in [3.8, 4) is 0 Å². The fourth-order valence-corrected chi connectivity index (χ4v) is 2.14. The number of aromatic nitrogens is 1. The van der Waals surface area contributed by atoms with E-state index in [0.717, 1.165) is 19.8 Å². The minimum absolute atomic E-state index is 0.346. The second-order valence-electron chi connectivity index (χ2n) is 4.31. The van der Waals surface area contributed by atoms with Gasteiger partial charge in [0.15, 0.2) is 0 Å². The number of nitrogens with one attached hydrogen (secondary N) is 1. The van der Waals surface area contributed by atoms with Crippen molar-refractivity contribution >= 4 is 11.3 Å². The van der Waals surface area contributed by atoms with Gasteiger partial charge in [-0.25, -0.2) is 0 Å². The summed E-state index contributed by atoms with van der Waals surface area (Å²) in [4.78, 5) is 5.38. The van der Waals surface area contributed by atoms with Gasteiger partial charge in [-0.1, -0.05) is 6.92 Å². The lowest BCUT2D eigenvalue weighted by molar-refractivity contribution is -0.0998. The van der Waals surface area contributed by atoms with Gasteiger partial charge in [0.2, 0.25) is 0 Å². The Bertz CT molecular complexity index is 282. The highest BCUT2D eigenvalue weighted by Crippen LogP contribution is 2.26. The van der Waals surface area contributed by atoms with E-state index in [1.54, 1.807) is 11.3 Å². The first-order chi connectivity index (χ1) is 6.70. The fraction of sp³-hybridized carbons (Fsp3) is 0.700. The van der Waals surface area contributed by atoms with Crippen LogP contribution < -0.4 is 5.32 Å². The van der Waals surface area contributed by atoms with Crippen LogP contribution in [0.4, 0.5) is 0 Å². The van der Waals surface area contributed by atoms with Crippen molar-refractivity contribution in [1.82, 2.24) is 10.3 Å². The molecule has 0 spiro atoms. The molecule has 1 N–H and O–H groups in total. The Hall–Kier alpha value is -0.450. The van der Waals surface area contributed by atoms with E-state index < -0.39 is 0 Å². The second kappa shape index (κ2) is 3.96. The number of ether oxygens (including phenoxy) is 1. The van der Waals surface area contributed by atoms with Crippen LogP contribution in [-0.4, -0.2) is 24.7 Å². The lowest BCUT2D eigenvalue weighted by Gasteiger charge is -2.38. The van der Waals surface area contributed by atoms with Crippen LogP contribution in [0.25, 0.3) is 0 Å². The fourth-order valence-electron chi connectivity index (χ4n) is 1.49. The van der Waals surface area contributed by atoms with Crippen LogP contribution in [0.15, 0.2) is 11.7 Å². The van der Waals surface area contributed by atoms with E-state index in [-0.39, 0.29) is 0 Å². The summed E-state index contributed by atoms with van der Waals surface area (Å²) in [7, 11) is 0. The molecule has 3 nitrogen and oxygen atoms in total. The minimum Gasteiger partial charge on any atom is -0.380 e. The monoisotopic (exact) mass is 212 g/mol. The number of rotatable bonds is 4. The van der Waals surface area contributed by atoms with Crippen molar-refractivity contribution in [2.24, 2.45) is 5.41 Å². The molecule has 0 saturated carbocycles. The molecule has 1 atom stereocenters. The first-order valence-corrected chi connectivity index (χ1v) is 5.77. The summed E-state index contributed by atoms with van der Waals surface area (Å²) < 4.78 is 5.21. The van der Waals surface area contributed by atoms with Gasteiger partial charge >= 0.3 is 0 Å². The van der Waals surface area contributed by atoms with Crippen LogP contribution in [0.2, 0.25) is 0 Å². The van der Waals surface area contributed by atoms with Crippen molar-refractivity contribution in [1.29, 1.82) is 0 Å². The van der Waals surface area contributed by atoms with Crippen LogP contribution >= 0.6 is 11.3 Å². The van der Waals surface area contributed by atoms with E-state index in [0.29, 0.717) is 11.5 Å². The van der Waals surface area contributed by atoms with Gasteiger partial charge in [-0.2, -0.15) is 0 Å². The van der Waals surface area contributed by atoms with Crippen molar-refractivity contribution in [2.45, 2.75) is 19.9 Å². The molecule has 4 heteroatoms. The molecule has 1 aromatic heterocycles. The van der Waals surface area contributed by atoms with Gasteiger partial charge < -0.3 is 10.1 Å². The van der Waals surface area contributed by atoms with Crippen LogP contribution in [-0.2, 0) is 4.74 Å². The predicted molar refractivity (Wildman–Crippen MR) is 57.5 cm³/mol. The highest BCUT2D eigenvalue weighted by molar-refractivity contribution is 7.09. The molecular formula is C10H16N2OS. The van der Waals surface area contributed by atoms with E-state index in [1.807, 2.05) is 11.7 Å². The normalized spacial score (nSPS) is 21.6. The predicted octanol–water partition coefficient (Wildman–Crippen LogP) is 1.83. The van der Waals surface area contributed by atoms with Crippen LogP contribution in [0.1, 0.15) is 24.8 Å². The first-order valence-electron chi connectivity index (χ1n) is 4.89. The number of nitrogens with zero attached hydrogens (tertiary/aromatic N) is 1. The highest BCUT2D eigenvalue weighted by atomic mass is 32.1. The number of hydrogen-bond donors (Lipinski definition) is 1. The Morgan fingerprint density at radius 3 is 3.00 bits per heavy atom.